The van der Waals surface area contributed by atoms with Gasteiger partial charge in [-0.3, -0.25) is 9.00 Å². The van der Waals surface area contributed by atoms with E-state index < -0.39 is 10.8 Å². The third kappa shape index (κ3) is 2.80. The van der Waals surface area contributed by atoms with Crippen LogP contribution < -0.4 is 0 Å². The highest BCUT2D eigenvalue weighted by atomic mass is 32.2. The average Bonchev–Trinajstić information content (AvgIpc) is 2.84. The number of hydrogen-bond donors (Lipinski definition) is 0. The predicted octanol–water partition coefficient (Wildman–Crippen LogP) is 2.09. The zero-order chi connectivity index (χ0) is 13.1. The van der Waals surface area contributed by atoms with Crippen molar-refractivity contribution in [3.63, 3.8) is 0 Å². The number of fused-ring (bicyclic) bond motifs is 1. The minimum atomic E-state index is -1.13. The summed E-state index contributed by atoms with van der Waals surface area (Å²) in [5.74, 6) is -0.306. The van der Waals surface area contributed by atoms with Crippen LogP contribution in [-0.4, -0.2) is 23.0 Å². The number of methoxy groups -OCH3 is 1. The molecular formula is C14H18O3S. The van der Waals surface area contributed by atoms with Gasteiger partial charge < -0.3 is 4.74 Å². The van der Waals surface area contributed by atoms with Gasteiger partial charge in [-0.1, -0.05) is 13.0 Å². The number of carbonyl (C=O) groups excluding carboxylic acids is 1. The first-order valence-electron chi connectivity index (χ1n) is 6.20. The molecule has 0 saturated heterocycles. The second-order valence-corrected chi connectivity index (χ2v) is 6.22. The van der Waals surface area contributed by atoms with Gasteiger partial charge in [0.15, 0.2) is 0 Å². The Kier molecular flexibility index (Phi) is 4.17. The van der Waals surface area contributed by atoms with Crippen molar-refractivity contribution in [2.45, 2.75) is 31.1 Å². The maximum Gasteiger partial charge on any atom is 0.309 e. The maximum atomic E-state index is 12.2. The largest absolute Gasteiger partial charge is 0.469 e. The van der Waals surface area contributed by atoms with Crippen LogP contribution in [0.15, 0.2) is 23.1 Å². The van der Waals surface area contributed by atoms with Crippen molar-refractivity contribution in [2.24, 2.45) is 5.92 Å². The van der Waals surface area contributed by atoms with E-state index in [4.69, 9.17) is 0 Å². The Balaban J connectivity index is 2.07. The number of aryl methyl sites for hydroxylation is 2. The molecule has 18 heavy (non-hydrogen) atoms. The molecule has 1 aromatic rings. The van der Waals surface area contributed by atoms with E-state index in [1.807, 2.05) is 12.1 Å². The van der Waals surface area contributed by atoms with Crippen molar-refractivity contribution in [2.75, 3.05) is 12.9 Å². The van der Waals surface area contributed by atoms with Crippen molar-refractivity contribution in [3.8, 4) is 0 Å². The first-order valence-corrected chi connectivity index (χ1v) is 7.51. The molecule has 0 heterocycles. The molecule has 2 unspecified atom stereocenters. The fraction of sp³-hybridized carbons (Fsp3) is 0.500. The Morgan fingerprint density at radius 1 is 1.39 bits per heavy atom. The lowest BCUT2D eigenvalue weighted by Crippen LogP contribution is -2.19. The molecule has 4 heteroatoms. The Morgan fingerprint density at radius 2 is 2.11 bits per heavy atom. The van der Waals surface area contributed by atoms with E-state index in [0.717, 1.165) is 17.7 Å². The van der Waals surface area contributed by atoms with Crippen molar-refractivity contribution in [1.29, 1.82) is 0 Å². The lowest BCUT2D eigenvalue weighted by atomic mass is 10.1. The predicted molar refractivity (Wildman–Crippen MR) is 70.9 cm³/mol. The van der Waals surface area contributed by atoms with Crippen LogP contribution >= 0.6 is 0 Å². The van der Waals surface area contributed by atoms with Gasteiger partial charge in [0, 0.05) is 10.6 Å². The summed E-state index contributed by atoms with van der Waals surface area (Å²) >= 11 is 0. The van der Waals surface area contributed by atoms with Crippen molar-refractivity contribution < 1.29 is 13.7 Å². The van der Waals surface area contributed by atoms with Gasteiger partial charge in [-0.25, -0.2) is 0 Å². The van der Waals surface area contributed by atoms with Crippen LogP contribution in [0.3, 0.4) is 0 Å². The smallest absolute Gasteiger partial charge is 0.309 e. The summed E-state index contributed by atoms with van der Waals surface area (Å²) < 4.78 is 16.8. The van der Waals surface area contributed by atoms with Crippen LogP contribution in [0.1, 0.15) is 24.5 Å². The number of esters is 1. The van der Waals surface area contributed by atoms with Crippen LogP contribution in [-0.2, 0) is 33.2 Å². The molecule has 0 aliphatic heterocycles. The summed E-state index contributed by atoms with van der Waals surface area (Å²) in [5.41, 5.74) is 2.68. The van der Waals surface area contributed by atoms with Crippen LogP contribution in [0, 0.1) is 5.92 Å². The van der Waals surface area contributed by atoms with Gasteiger partial charge in [0.1, 0.15) is 0 Å². The van der Waals surface area contributed by atoms with Crippen molar-refractivity contribution in [3.05, 3.63) is 29.3 Å². The van der Waals surface area contributed by atoms with E-state index >= 15 is 0 Å². The van der Waals surface area contributed by atoms with E-state index in [2.05, 4.69) is 10.8 Å². The molecule has 0 N–H and O–H groups in total. The maximum absolute atomic E-state index is 12.2. The SMILES string of the molecule is COC(=O)C(C)CS(=O)c1ccc2c(c1)CCC2. The standard InChI is InChI=1S/C14H18O3S/c1-10(14(15)17-2)9-18(16)13-7-6-11-4-3-5-12(11)8-13/h6-8,10H,3-5,9H2,1-2H3. The van der Waals surface area contributed by atoms with E-state index in [1.165, 1.54) is 24.7 Å². The molecule has 2 atom stereocenters. The molecule has 3 nitrogen and oxygen atoms in total. The topological polar surface area (TPSA) is 43.4 Å². The summed E-state index contributed by atoms with van der Waals surface area (Å²) in [5, 5.41) is 0. The van der Waals surface area contributed by atoms with Gasteiger partial charge in [-0.05, 0) is 42.5 Å². The minimum absolute atomic E-state index is 0.301. The highest BCUT2D eigenvalue weighted by Crippen LogP contribution is 2.24. The molecule has 0 fully saturated rings. The lowest BCUT2D eigenvalue weighted by Gasteiger charge is -2.09. The lowest BCUT2D eigenvalue weighted by molar-refractivity contribution is -0.144. The van der Waals surface area contributed by atoms with Gasteiger partial charge >= 0.3 is 5.97 Å². The summed E-state index contributed by atoms with van der Waals surface area (Å²) in [6, 6.07) is 6.02. The third-order valence-corrected chi connectivity index (χ3v) is 4.92. The van der Waals surface area contributed by atoms with E-state index in [9.17, 15) is 9.00 Å². The van der Waals surface area contributed by atoms with E-state index in [0.29, 0.717) is 5.75 Å². The molecule has 1 aromatic carbocycles. The molecule has 0 bridgehead atoms. The Morgan fingerprint density at radius 3 is 2.83 bits per heavy atom. The Labute approximate surface area is 110 Å². The zero-order valence-corrected chi connectivity index (χ0v) is 11.6. The summed E-state index contributed by atoms with van der Waals surface area (Å²) in [6.07, 6.45) is 3.39. The number of rotatable bonds is 4. The molecular weight excluding hydrogens is 248 g/mol. The highest BCUT2D eigenvalue weighted by Gasteiger charge is 2.19. The first-order chi connectivity index (χ1) is 8.61. The molecule has 0 radical (unpaired) electrons. The molecule has 0 saturated carbocycles. The second-order valence-electron chi connectivity index (χ2n) is 4.72. The van der Waals surface area contributed by atoms with Crippen molar-refractivity contribution in [1.82, 2.24) is 0 Å². The van der Waals surface area contributed by atoms with Crippen LogP contribution in [0.2, 0.25) is 0 Å². The van der Waals surface area contributed by atoms with E-state index in [-0.39, 0.29) is 11.9 Å². The average molecular weight is 266 g/mol. The monoisotopic (exact) mass is 266 g/mol. The summed E-state index contributed by atoms with van der Waals surface area (Å²) in [6.45, 7) is 1.75. The fourth-order valence-corrected chi connectivity index (χ4v) is 3.56. The van der Waals surface area contributed by atoms with Gasteiger partial charge in [0.25, 0.3) is 0 Å². The normalized spacial score (nSPS) is 17.0. The van der Waals surface area contributed by atoms with Gasteiger partial charge in [0.05, 0.1) is 23.8 Å². The fourth-order valence-electron chi connectivity index (χ4n) is 2.28. The molecule has 98 valence electrons. The first kappa shape index (κ1) is 13.3. The quantitative estimate of drug-likeness (QED) is 0.784. The van der Waals surface area contributed by atoms with Crippen molar-refractivity contribution >= 4 is 16.8 Å². The van der Waals surface area contributed by atoms with E-state index in [1.54, 1.807) is 6.92 Å². The van der Waals surface area contributed by atoms with Crippen LogP contribution in [0.5, 0.6) is 0 Å². The van der Waals surface area contributed by atoms with Gasteiger partial charge in [0.2, 0.25) is 0 Å². The molecule has 0 amide bonds. The molecule has 2 rings (SSSR count). The number of carbonyl (C=O) groups is 1. The summed E-state index contributed by atoms with van der Waals surface area (Å²) in [4.78, 5) is 12.1. The molecule has 0 spiro atoms. The second kappa shape index (κ2) is 5.65. The Bertz CT molecular complexity index is 482. The number of benzene rings is 1. The summed E-state index contributed by atoms with van der Waals surface area (Å²) in [7, 11) is 0.229. The zero-order valence-electron chi connectivity index (χ0n) is 10.8. The minimum Gasteiger partial charge on any atom is -0.469 e. The highest BCUT2D eigenvalue weighted by molar-refractivity contribution is 7.85. The molecule has 1 aliphatic carbocycles. The van der Waals surface area contributed by atoms with Gasteiger partial charge in [-0.15, -0.1) is 0 Å². The number of ether oxygens (including phenoxy) is 1. The third-order valence-electron chi connectivity index (χ3n) is 3.34. The Hall–Kier alpha value is -1.16. The number of hydrogen-bond acceptors (Lipinski definition) is 3. The van der Waals surface area contributed by atoms with Gasteiger partial charge in [-0.2, -0.15) is 0 Å². The van der Waals surface area contributed by atoms with Crippen LogP contribution in [0.25, 0.3) is 0 Å². The molecule has 1 aliphatic rings. The van der Waals surface area contributed by atoms with Crippen LogP contribution in [0.4, 0.5) is 0 Å². The molecule has 0 aromatic heterocycles.